The summed E-state index contributed by atoms with van der Waals surface area (Å²) in [4.78, 5) is 17.4. The van der Waals surface area contributed by atoms with E-state index in [4.69, 9.17) is 21.9 Å². The summed E-state index contributed by atoms with van der Waals surface area (Å²) in [5, 5.41) is 4.55. The van der Waals surface area contributed by atoms with Gasteiger partial charge < -0.3 is 10.3 Å². The molecule has 1 fully saturated rings. The van der Waals surface area contributed by atoms with Gasteiger partial charge >= 0.3 is 0 Å². The molecule has 0 unspecified atom stereocenters. The monoisotopic (exact) mass is 338 g/mol. The van der Waals surface area contributed by atoms with E-state index in [-0.39, 0.29) is 13.0 Å². The lowest BCUT2D eigenvalue weighted by Gasteiger charge is -2.20. The number of nitrogens with zero attached hydrogens (tertiary/aromatic N) is 3. The number of nitrogens with two attached hydrogens (primary N) is 1. The van der Waals surface area contributed by atoms with E-state index < -0.39 is 18.1 Å². The third-order valence-electron chi connectivity index (χ3n) is 3.86. The molecule has 3 rings (SSSR count). The average Bonchev–Trinajstić information content (AvgIpc) is 3.12. The molecular weight excluding hydrogens is 323 g/mol. The van der Waals surface area contributed by atoms with E-state index in [9.17, 15) is 9.18 Å². The Labute approximate surface area is 137 Å². The van der Waals surface area contributed by atoms with Crippen LogP contribution in [0.15, 0.2) is 28.8 Å². The molecule has 2 N–H and O–H groups in total. The molecule has 122 valence electrons. The summed E-state index contributed by atoms with van der Waals surface area (Å²) in [5.74, 6) is 0.394. The number of rotatable bonds is 5. The molecule has 6 nitrogen and oxygen atoms in total. The zero-order chi connectivity index (χ0) is 16.4. The first-order valence-corrected chi connectivity index (χ1v) is 7.66. The number of hydrogen-bond acceptors (Lipinski definition) is 5. The van der Waals surface area contributed by atoms with Gasteiger partial charge in [0, 0.05) is 36.5 Å². The summed E-state index contributed by atoms with van der Waals surface area (Å²) in [6, 6.07) is 6.53. The number of halogens is 2. The molecule has 2 aromatic rings. The van der Waals surface area contributed by atoms with E-state index in [2.05, 4.69) is 10.1 Å². The van der Waals surface area contributed by atoms with Gasteiger partial charge in [-0.15, -0.1) is 0 Å². The zero-order valence-corrected chi connectivity index (χ0v) is 13.0. The molecule has 0 aliphatic carbocycles. The highest BCUT2D eigenvalue weighted by atomic mass is 35.5. The molecule has 0 spiro atoms. The summed E-state index contributed by atoms with van der Waals surface area (Å²) in [7, 11) is 0. The lowest BCUT2D eigenvalue weighted by molar-refractivity contribution is -0.122. The number of amides is 1. The molecule has 0 saturated carbocycles. The molecule has 1 saturated heterocycles. The SMILES string of the molecule is NC(=O)[C@@H]1C[C@@H](F)CN1CCc1nc(-c2ccc(Cl)cc2)no1. The van der Waals surface area contributed by atoms with Crippen LogP contribution in [-0.4, -0.2) is 46.3 Å². The molecule has 1 aliphatic heterocycles. The van der Waals surface area contributed by atoms with E-state index in [1.54, 1.807) is 29.2 Å². The predicted octanol–water partition coefficient (Wildman–Crippen LogP) is 1.83. The number of benzene rings is 1. The molecule has 2 heterocycles. The first-order chi connectivity index (χ1) is 11.0. The van der Waals surface area contributed by atoms with Crippen molar-refractivity contribution in [2.75, 3.05) is 13.1 Å². The van der Waals surface area contributed by atoms with Crippen LogP contribution in [0.5, 0.6) is 0 Å². The fourth-order valence-electron chi connectivity index (χ4n) is 2.70. The molecule has 1 aromatic heterocycles. The van der Waals surface area contributed by atoms with Crippen LogP contribution >= 0.6 is 11.6 Å². The van der Waals surface area contributed by atoms with Crippen molar-refractivity contribution in [3.05, 3.63) is 35.2 Å². The molecule has 23 heavy (non-hydrogen) atoms. The molecule has 0 bridgehead atoms. The molecular formula is C15H16ClFN4O2. The summed E-state index contributed by atoms with van der Waals surface area (Å²) < 4.78 is 18.7. The first-order valence-electron chi connectivity index (χ1n) is 7.29. The largest absolute Gasteiger partial charge is 0.368 e. The number of likely N-dealkylation sites (tertiary alicyclic amines) is 1. The molecule has 2 atom stereocenters. The van der Waals surface area contributed by atoms with Crippen molar-refractivity contribution in [1.29, 1.82) is 0 Å². The number of carbonyl (C=O) groups excluding carboxylic acids is 1. The third-order valence-corrected chi connectivity index (χ3v) is 4.12. The second-order valence-electron chi connectivity index (χ2n) is 5.51. The van der Waals surface area contributed by atoms with Gasteiger partial charge in [0.05, 0.1) is 6.04 Å². The Balaban J connectivity index is 1.63. The highest BCUT2D eigenvalue weighted by molar-refractivity contribution is 6.30. The van der Waals surface area contributed by atoms with Gasteiger partial charge in [0.15, 0.2) is 0 Å². The normalized spacial score (nSPS) is 21.7. The van der Waals surface area contributed by atoms with Crippen LogP contribution in [-0.2, 0) is 11.2 Å². The zero-order valence-electron chi connectivity index (χ0n) is 12.3. The fraction of sp³-hybridized carbons (Fsp3) is 0.400. The Bertz CT molecular complexity index is 691. The van der Waals surface area contributed by atoms with Crippen molar-refractivity contribution >= 4 is 17.5 Å². The number of carbonyl (C=O) groups is 1. The Morgan fingerprint density at radius 3 is 2.87 bits per heavy atom. The smallest absolute Gasteiger partial charge is 0.234 e. The maximum Gasteiger partial charge on any atom is 0.234 e. The first kappa shape index (κ1) is 15.9. The van der Waals surface area contributed by atoms with Crippen LogP contribution < -0.4 is 5.73 Å². The number of primary amides is 1. The van der Waals surface area contributed by atoms with Crippen LogP contribution in [0.4, 0.5) is 4.39 Å². The van der Waals surface area contributed by atoms with Gasteiger partial charge in [0.1, 0.15) is 6.17 Å². The molecule has 1 aliphatic rings. The van der Waals surface area contributed by atoms with E-state index in [0.29, 0.717) is 29.7 Å². The quantitative estimate of drug-likeness (QED) is 0.899. The van der Waals surface area contributed by atoms with Crippen LogP contribution in [0, 0.1) is 0 Å². The average molecular weight is 339 g/mol. The van der Waals surface area contributed by atoms with Crippen molar-refractivity contribution < 1.29 is 13.7 Å². The Hall–Kier alpha value is -1.99. The standard InChI is InChI=1S/C15H16ClFN4O2/c16-10-3-1-9(2-4-10)15-19-13(23-20-15)5-6-21-8-11(17)7-12(21)14(18)22/h1-4,11-12H,5-8H2,(H2,18,22)/t11-,12+/m1/s1. The van der Waals surface area contributed by atoms with E-state index in [1.807, 2.05) is 0 Å². The van der Waals surface area contributed by atoms with Gasteiger partial charge in [-0.25, -0.2) is 4.39 Å². The van der Waals surface area contributed by atoms with E-state index >= 15 is 0 Å². The maximum atomic E-state index is 13.5. The van der Waals surface area contributed by atoms with Gasteiger partial charge in [-0.05, 0) is 24.3 Å². The topological polar surface area (TPSA) is 85.3 Å². The Kier molecular flexibility index (Phi) is 4.58. The van der Waals surface area contributed by atoms with Crippen molar-refractivity contribution in [2.45, 2.75) is 25.1 Å². The Morgan fingerprint density at radius 2 is 2.17 bits per heavy atom. The molecule has 0 radical (unpaired) electrons. The highest BCUT2D eigenvalue weighted by Gasteiger charge is 2.35. The van der Waals surface area contributed by atoms with Crippen LogP contribution in [0.25, 0.3) is 11.4 Å². The summed E-state index contributed by atoms with van der Waals surface area (Å²) in [6.07, 6.45) is -0.452. The summed E-state index contributed by atoms with van der Waals surface area (Å²) in [6.45, 7) is 0.641. The van der Waals surface area contributed by atoms with Crippen molar-refractivity contribution in [3.8, 4) is 11.4 Å². The van der Waals surface area contributed by atoms with Crippen LogP contribution in [0.3, 0.4) is 0 Å². The van der Waals surface area contributed by atoms with Gasteiger partial charge in [-0.2, -0.15) is 4.98 Å². The minimum Gasteiger partial charge on any atom is -0.368 e. The number of alkyl halides is 1. The summed E-state index contributed by atoms with van der Waals surface area (Å²) >= 11 is 5.84. The highest BCUT2D eigenvalue weighted by Crippen LogP contribution is 2.21. The molecule has 1 amide bonds. The molecule has 8 heteroatoms. The van der Waals surface area contributed by atoms with Crippen LogP contribution in [0.2, 0.25) is 5.02 Å². The van der Waals surface area contributed by atoms with Crippen molar-refractivity contribution in [1.82, 2.24) is 15.0 Å². The second-order valence-corrected chi connectivity index (χ2v) is 5.95. The van der Waals surface area contributed by atoms with Gasteiger partial charge in [-0.1, -0.05) is 16.8 Å². The maximum absolute atomic E-state index is 13.5. The van der Waals surface area contributed by atoms with Crippen molar-refractivity contribution in [2.24, 2.45) is 5.73 Å². The third kappa shape index (κ3) is 3.68. The summed E-state index contributed by atoms with van der Waals surface area (Å²) in [5.41, 5.74) is 6.10. The molecule has 1 aromatic carbocycles. The second kappa shape index (κ2) is 6.64. The van der Waals surface area contributed by atoms with E-state index in [0.717, 1.165) is 5.56 Å². The van der Waals surface area contributed by atoms with E-state index in [1.165, 1.54) is 0 Å². The fourth-order valence-corrected chi connectivity index (χ4v) is 2.83. The number of hydrogen-bond donors (Lipinski definition) is 1. The minimum atomic E-state index is -1.03. The van der Waals surface area contributed by atoms with Crippen LogP contribution in [0.1, 0.15) is 12.3 Å². The Morgan fingerprint density at radius 1 is 1.43 bits per heavy atom. The van der Waals surface area contributed by atoms with Gasteiger partial charge in [-0.3, -0.25) is 9.69 Å². The predicted molar refractivity (Wildman–Crippen MR) is 82.5 cm³/mol. The minimum absolute atomic E-state index is 0.148. The lowest BCUT2D eigenvalue weighted by Crippen LogP contribution is -2.41. The number of aromatic nitrogens is 2. The van der Waals surface area contributed by atoms with Gasteiger partial charge in [0.2, 0.25) is 17.6 Å². The van der Waals surface area contributed by atoms with Gasteiger partial charge in [0.25, 0.3) is 0 Å². The lowest BCUT2D eigenvalue weighted by atomic mass is 10.2. The van der Waals surface area contributed by atoms with Crippen molar-refractivity contribution in [3.63, 3.8) is 0 Å².